The van der Waals surface area contributed by atoms with Crippen LogP contribution in [0, 0.1) is 11.8 Å². The van der Waals surface area contributed by atoms with Crippen molar-refractivity contribution in [1.29, 1.82) is 0 Å². The average molecular weight is 818 g/mol. The fourth-order valence-corrected chi connectivity index (χ4v) is 7.80. The first-order valence-electron chi connectivity index (χ1n) is 22.0. The van der Waals surface area contributed by atoms with Crippen LogP contribution in [0.2, 0.25) is 0 Å². The van der Waals surface area contributed by atoms with Gasteiger partial charge in [0.1, 0.15) is 12.4 Å². The van der Waals surface area contributed by atoms with E-state index in [0.717, 1.165) is 38.5 Å². The molecule has 1 aliphatic carbocycles. The number of ketones is 1. The molecule has 6 N–H and O–H groups in total. The molecule has 1 saturated carbocycles. The minimum atomic E-state index is -4.36. The summed E-state index contributed by atoms with van der Waals surface area (Å²) in [6, 6.07) is 0. The Bertz CT molecular complexity index is 1090. The van der Waals surface area contributed by atoms with Gasteiger partial charge in [-0.05, 0) is 38.2 Å². The van der Waals surface area contributed by atoms with Crippen molar-refractivity contribution in [1.82, 2.24) is 0 Å². The lowest BCUT2D eigenvalue weighted by molar-refractivity contribution is -0.147. The first kappa shape index (κ1) is 52.4. The van der Waals surface area contributed by atoms with E-state index in [-0.39, 0.29) is 57.8 Å². The lowest BCUT2D eigenvalue weighted by Crippen LogP contribution is -2.25. The van der Waals surface area contributed by atoms with E-state index in [9.17, 15) is 34.4 Å². The molecule has 0 aromatic carbocycles. The third-order valence-electron chi connectivity index (χ3n) is 10.4. The van der Waals surface area contributed by atoms with Crippen LogP contribution in [0.25, 0.3) is 0 Å². The summed E-state index contributed by atoms with van der Waals surface area (Å²) in [6.45, 7) is 3.69. The largest absolute Gasteiger partial charge is 0.492 e. The van der Waals surface area contributed by atoms with Gasteiger partial charge < -0.3 is 35.4 Å². The van der Waals surface area contributed by atoms with Crippen molar-refractivity contribution >= 4 is 19.6 Å². The zero-order chi connectivity index (χ0) is 41.3. The second-order valence-electron chi connectivity index (χ2n) is 15.6. The molecule has 12 nitrogen and oxygen atoms in total. The maximum atomic E-state index is 12.8. The Morgan fingerprint density at radius 2 is 1.38 bits per heavy atom. The van der Waals surface area contributed by atoms with Crippen molar-refractivity contribution in [2.24, 2.45) is 17.6 Å². The molecule has 0 amide bonds. The van der Waals surface area contributed by atoms with Crippen LogP contribution in [0.3, 0.4) is 0 Å². The number of ether oxygens (including phenoxy) is 2. The van der Waals surface area contributed by atoms with Gasteiger partial charge in [0.15, 0.2) is 6.10 Å². The van der Waals surface area contributed by atoms with E-state index < -0.39 is 50.0 Å². The number of aliphatic hydroxyl groups excluding tert-OH is 3. The Labute approximate surface area is 339 Å². The van der Waals surface area contributed by atoms with Crippen molar-refractivity contribution in [3.05, 3.63) is 24.5 Å². The molecule has 0 aliphatic heterocycles. The van der Waals surface area contributed by atoms with Gasteiger partial charge in [0.2, 0.25) is 0 Å². The van der Waals surface area contributed by atoms with E-state index in [4.69, 9.17) is 24.3 Å². The number of unbranched alkanes of at least 4 members (excludes halogenated alkanes) is 17. The van der Waals surface area contributed by atoms with Crippen molar-refractivity contribution in [2.45, 2.75) is 199 Å². The fourth-order valence-electron chi connectivity index (χ4n) is 7.04. The number of carbonyl (C=O) groups is 2. The Morgan fingerprint density at radius 1 is 0.786 bits per heavy atom. The number of carbonyl (C=O) groups excluding carboxylic acids is 2. The van der Waals surface area contributed by atoms with Gasteiger partial charge in [0, 0.05) is 44.1 Å². The summed E-state index contributed by atoms with van der Waals surface area (Å²) < 4.78 is 33.1. The summed E-state index contributed by atoms with van der Waals surface area (Å²) in [7, 11) is -4.36. The van der Waals surface area contributed by atoms with Gasteiger partial charge in [0.05, 0.1) is 37.8 Å². The van der Waals surface area contributed by atoms with Gasteiger partial charge in [-0.25, -0.2) is 4.57 Å². The number of phosphoric acid groups is 1. The van der Waals surface area contributed by atoms with E-state index >= 15 is 0 Å². The maximum Gasteiger partial charge on any atom is 0.472 e. The van der Waals surface area contributed by atoms with E-state index in [0.29, 0.717) is 19.3 Å². The van der Waals surface area contributed by atoms with Crippen LogP contribution < -0.4 is 5.73 Å². The van der Waals surface area contributed by atoms with Crippen molar-refractivity contribution in [3.63, 3.8) is 0 Å². The molecule has 328 valence electrons. The summed E-state index contributed by atoms with van der Waals surface area (Å²) in [5, 5.41) is 31.3. The van der Waals surface area contributed by atoms with E-state index in [2.05, 4.69) is 13.8 Å². The van der Waals surface area contributed by atoms with Gasteiger partial charge in [-0.15, -0.1) is 0 Å². The minimum Gasteiger partial charge on any atom is -0.492 e. The number of nitrogens with two attached hydrogens (primary N) is 1. The fraction of sp³-hybridized carbons (Fsp3) is 0.860. The molecule has 1 fully saturated rings. The van der Waals surface area contributed by atoms with Crippen molar-refractivity contribution < 1.29 is 52.9 Å². The Kier molecular flexibility index (Phi) is 32.0. The third-order valence-corrected chi connectivity index (χ3v) is 11.4. The van der Waals surface area contributed by atoms with E-state index in [1.54, 1.807) is 12.2 Å². The summed E-state index contributed by atoms with van der Waals surface area (Å²) in [5.41, 5.74) is 5.35. The highest BCUT2D eigenvalue weighted by Crippen LogP contribution is 2.43. The Morgan fingerprint density at radius 3 is 2.00 bits per heavy atom. The predicted molar refractivity (Wildman–Crippen MR) is 222 cm³/mol. The smallest absolute Gasteiger partial charge is 0.472 e. The molecule has 1 unspecified atom stereocenters. The zero-order valence-electron chi connectivity index (χ0n) is 35.0. The summed E-state index contributed by atoms with van der Waals surface area (Å²) in [6.07, 6.45) is 27.8. The molecule has 0 aromatic heterocycles. The molecule has 0 spiro atoms. The first-order chi connectivity index (χ1) is 27.0. The Balaban J connectivity index is 2.38. The summed E-state index contributed by atoms with van der Waals surface area (Å²) in [4.78, 5) is 35.2. The Hall–Kier alpha value is -1.63. The van der Waals surface area contributed by atoms with Crippen molar-refractivity contribution in [2.75, 3.05) is 26.4 Å². The van der Waals surface area contributed by atoms with Gasteiger partial charge >= 0.3 is 13.8 Å². The zero-order valence-corrected chi connectivity index (χ0v) is 35.8. The van der Waals surface area contributed by atoms with Gasteiger partial charge in [0.25, 0.3) is 0 Å². The number of rotatable bonds is 38. The highest BCUT2D eigenvalue weighted by molar-refractivity contribution is 7.47. The standard InChI is InChI=1S/C43H80NO11P/c1-3-5-7-8-9-10-11-12-13-14-15-16-17-18-19-23-30-52-38(35-55-56(50,51)54-31-29-44)34-53-43(49)26-22-21-25-37(46)32-40-39(41(47)33-42(40)48)28-27-36(45)24-20-6-4-2/h23,27-28,30,36,38-42,45,47-48H,3-22,24-26,29,31-35,44H2,1-2H3,(H,50,51)/b28-27+,30-23-/t36-,38+,39+,40+,41+,42-/m0/s1. The molecular weight excluding hydrogens is 737 g/mol. The van der Waals surface area contributed by atoms with Crippen LogP contribution >= 0.6 is 7.82 Å². The number of aliphatic hydroxyl groups is 3. The quantitative estimate of drug-likeness (QED) is 0.0131. The molecule has 1 rings (SSSR count). The average Bonchev–Trinajstić information content (AvgIpc) is 3.43. The highest BCUT2D eigenvalue weighted by atomic mass is 31.2. The van der Waals surface area contributed by atoms with E-state index in [1.165, 1.54) is 83.3 Å². The van der Waals surface area contributed by atoms with E-state index in [1.807, 2.05) is 6.08 Å². The monoisotopic (exact) mass is 818 g/mol. The van der Waals surface area contributed by atoms with Crippen LogP contribution in [0.4, 0.5) is 0 Å². The van der Waals surface area contributed by atoms with Crippen molar-refractivity contribution in [3.8, 4) is 0 Å². The topological polar surface area (TPSA) is 195 Å². The lowest BCUT2D eigenvalue weighted by Gasteiger charge is -2.20. The van der Waals surface area contributed by atoms with Crippen LogP contribution in [0.5, 0.6) is 0 Å². The summed E-state index contributed by atoms with van der Waals surface area (Å²) >= 11 is 0. The van der Waals surface area contributed by atoms with Gasteiger partial charge in [-0.2, -0.15) is 0 Å². The minimum absolute atomic E-state index is 0.0484. The number of hydrogen-bond acceptors (Lipinski definition) is 11. The molecule has 0 aromatic rings. The SMILES string of the molecule is CCCCCCCCCCCCCCCC/C=C\O[C@H](COC(=O)CCCCC(=O)C[C@@H]1[C@@H](/C=C/[C@@H](O)CCCCC)[C@H](O)C[C@@H]1O)COP(=O)(O)OCCN. The number of Topliss-reactive ketones (excluding diaryl/α,β-unsaturated/α-hetero) is 1. The molecule has 0 radical (unpaired) electrons. The van der Waals surface area contributed by atoms with Crippen LogP contribution in [-0.4, -0.2) is 82.7 Å². The van der Waals surface area contributed by atoms with Gasteiger partial charge in [-0.3, -0.25) is 18.6 Å². The maximum absolute atomic E-state index is 12.8. The number of allylic oxidation sites excluding steroid dienone is 1. The number of esters is 1. The summed E-state index contributed by atoms with van der Waals surface area (Å²) in [5.74, 6) is -1.39. The lowest BCUT2D eigenvalue weighted by atomic mass is 9.87. The normalized spacial score (nSPS) is 20.8. The molecule has 0 saturated heterocycles. The molecule has 1 aliphatic rings. The second-order valence-corrected chi connectivity index (χ2v) is 17.0. The van der Waals surface area contributed by atoms with Crippen LogP contribution in [0.15, 0.2) is 24.5 Å². The number of hydrogen-bond donors (Lipinski definition) is 5. The first-order valence-corrected chi connectivity index (χ1v) is 23.5. The molecular formula is C43H80NO11P. The predicted octanol–water partition coefficient (Wildman–Crippen LogP) is 8.77. The molecule has 0 bridgehead atoms. The molecule has 0 heterocycles. The second kappa shape index (κ2) is 34.3. The molecule has 7 atom stereocenters. The van der Waals surface area contributed by atoms with Crippen LogP contribution in [0.1, 0.15) is 174 Å². The highest BCUT2D eigenvalue weighted by Gasteiger charge is 2.41. The molecule has 56 heavy (non-hydrogen) atoms. The third kappa shape index (κ3) is 27.9. The molecule has 13 heteroatoms. The van der Waals surface area contributed by atoms with Gasteiger partial charge in [-0.1, -0.05) is 129 Å². The van der Waals surface area contributed by atoms with Crippen LogP contribution in [-0.2, 0) is 32.7 Å². The number of phosphoric ester groups is 1.